The largest absolute Gasteiger partial charge is 0.455 e. The topological polar surface area (TPSA) is 68.5 Å². The maximum atomic E-state index is 13.9. The Morgan fingerprint density at radius 2 is 2.00 bits per heavy atom. The number of carbonyl (C=O) groups is 1. The van der Waals surface area contributed by atoms with Gasteiger partial charge in [0.2, 0.25) is 5.76 Å². The van der Waals surface area contributed by atoms with Gasteiger partial charge in [-0.15, -0.1) is 0 Å². The number of rotatable bonds is 5. The van der Waals surface area contributed by atoms with Crippen molar-refractivity contribution in [2.45, 2.75) is 25.5 Å². The number of furan rings is 1. The lowest BCUT2D eigenvalue weighted by Crippen LogP contribution is -2.40. The Balaban J connectivity index is 1.38. The summed E-state index contributed by atoms with van der Waals surface area (Å²) >= 11 is 0. The molecular weight excluding hydrogens is 361 g/mol. The summed E-state index contributed by atoms with van der Waals surface area (Å²) in [6.45, 7) is 2.14. The second kappa shape index (κ2) is 8.31. The molecule has 0 N–H and O–H groups in total. The lowest BCUT2D eigenvalue weighted by Gasteiger charge is -2.31. The molecule has 1 aromatic carbocycles. The van der Waals surface area contributed by atoms with Crippen molar-refractivity contribution in [3.8, 4) is 11.3 Å². The number of esters is 1. The van der Waals surface area contributed by atoms with Gasteiger partial charge in [-0.1, -0.05) is 12.1 Å². The van der Waals surface area contributed by atoms with Gasteiger partial charge < -0.3 is 9.15 Å². The number of aromatic nitrogens is 2. The molecule has 3 aromatic rings. The van der Waals surface area contributed by atoms with Crippen LogP contribution in [0, 0.1) is 5.82 Å². The van der Waals surface area contributed by atoms with Crippen LogP contribution in [0.15, 0.2) is 59.3 Å². The highest BCUT2D eigenvalue weighted by Gasteiger charge is 2.25. The Labute approximate surface area is 162 Å². The first-order chi connectivity index (χ1) is 13.7. The van der Waals surface area contributed by atoms with Crippen molar-refractivity contribution in [3.63, 3.8) is 0 Å². The zero-order valence-electron chi connectivity index (χ0n) is 15.3. The van der Waals surface area contributed by atoms with E-state index in [0.29, 0.717) is 24.4 Å². The molecule has 1 unspecified atom stereocenters. The number of ether oxygens (including phenoxy) is 1. The van der Waals surface area contributed by atoms with Crippen molar-refractivity contribution < 1.29 is 18.3 Å². The van der Waals surface area contributed by atoms with Crippen LogP contribution in [-0.2, 0) is 11.3 Å². The van der Waals surface area contributed by atoms with Gasteiger partial charge in [-0.05, 0) is 49.7 Å². The summed E-state index contributed by atoms with van der Waals surface area (Å²) in [7, 11) is 0. The monoisotopic (exact) mass is 381 g/mol. The van der Waals surface area contributed by atoms with E-state index < -0.39 is 11.8 Å². The van der Waals surface area contributed by atoms with Gasteiger partial charge in [-0.2, -0.15) is 0 Å². The van der Waals surface area contributed by atoms with Crippen LogP contribution in [0.1, 0.15) is 29.2 Å². The number of halogens is 1. The van der Waals surface area contributed by atoms with E-state index in [1.54, 1.807) is 42.7 Å². The van der Waals surface area contributed by atoms with Gasteiger partial charge in [0.05, 0.1) is 12.1 Å². The average Bonchev–Trinajstić information content (AvgIpc) is 3.20. The summed E-state index contributed by atoms with van der Waals surface area (Å²) in [6.07, 6.45) is 4.91. The fourth-order valence-corrected chi connectivity index (χ4v) is 3.33. The Bertz CT molecular complexity index is 945. The molecule has 28 heavy (non-hydrogen) atoms. The molecule has 144 valence electrons. The summed E-state index contributed by atoms with van der Waals surface area (Å²) in [4.78, 5) is 23.1. The number of hydrogen-bond donors (Lipinski definition) is 0. The van der Waals surface area contributed by atoms with Crippen LogP contribution in [0.2, 0.25) is 0 Å². The minimum Gasteiger partial charge on any atom is -0.455 e. The summed E-state index contributed by atoms with van der Waals surface area (Å²) < 4.78 is 25.0. The standard InChI is InChI=1S/C21H20FN3O3/c22-17-7-2-1-6-16(17)18-8-9-19(28-18)21(26)27-15-5-3-12-25(13-15)14-20-23-10-4-11-24-20/h1-2,4,6-11,15H,3,5,12-14H2. The van der Waals surface area contributed by atoms with Crippen LogP contribution in [-0.4, -0.2) is 40.0 Å². The maximum absolute atomic E-state index is 13.9. The van der Waals surface area contributed by atoms with Gasteiger partial charge in [-0.25, -0.2) is 19.2 Å². The molecule has 0 saturated carbocycles. The van der Waals surface area contributed by atoms with Crippen molar-refractivity contribution in [2.24, 2.45) is 0 Å². The number of nitrogens with zero attached hydrogens (tertiary/aromatic N) is 3. The summed E-state index contributed by atoms with van der Waals surface area (Å²) in [5.74, 6) is 0.182. The lowest BCUT2D eigenvalue weighted by atomic mass is 10.1. The Morgan fingerprint density at radius 1 is 1.18 bits per heavy atom. The quantitative estimate of drug-likeness (QED) is 0.628. The van der Waals surface area contributed by atoms with Gasteiger partial charge in [0.15, 0.2) is 0 Å². The zero-order valence-corrected chi connectivity index (χ0v) is 15.3. The normalized spacial score (nSPS) is 17.4. The first kappa shape index (κ1) is 18.3. The number of benzene rings is 1. The molecule has 6 nitrogen and oxygen atoms in total. The molecule has 2 aromatic heterocycles. The molecule has 1 atom stereocenters. The van der Waals surface area contributed by atoms with Crippen molar-refractivity contribution in [3.05, 3.63) is 72.3 Å². The van der Waals surface area contributed by atoms with Crippen LogP contribution in [0.25, 0.3) is 11.3 Å². The molecule has 1 aliphatic heterocycles. The van der Waals surface area contributed by atoms with Gasteiger partial charge >= 0.3 is 5.97 Å². The average molecular weight is 381 g/mol. The minimum atomic E-state index is -0.537. The van der Waals surface area contributed by atoms with Crippen molar-refractivity contribution in [2.75, 3.05) is 13.1 Å². The molecule has 0 spiro atoms. The number of likely N-dealkylation sites (tertiary alicyclic amines) is 1. The number of hydrogen-bond acceptors (Lipinski definition) is 6. The van der Waals surface area contributed by atoms with Crippen LogP contribution in [0.4, 0.5) is 4.39 Å². The van der Waals surface area contributed by atoms with E-state index in [4.69, 9.17) is 9.15 Å². The molecule has 1 saturated heterocycles. The highest BCUT2D eigenvalue weighted by atomic mass is 19.1. The maximum Gasteiger partial charge on any atom is 0.374 e. The van der Waals surface area contributed by atoms with Gasteiger partial charge in [0.1, 0.15) is 23.5 Å². The van der Waals surface area contributed by atoms with E-state index >= 15 is 0 Å². The van der Waals surface area contributed by atoms with E-state index in [2.05, 4.69) is 14.9 Å². The van der Waals surface area contributed by atoms with Crippen LogP contribution >= 0.6 is 0 Å². The second-order valence-electron chi connectivity index (χ2n) is 6.71. The van der Waals surface area contributed by atoms with E-state index in [-0.39, 0.29) is 11.9 Å². The fourth-order valence-electron chi connectivity index (χ4n) is 3.33. The third-order valence-corrected chi connectivity index (χ3v) is 4.67. The highest BCUT2D eigenvalue weighted by molar-refractivity contribution is 5.87. The Kier molecular flexibility index (Phi) is 5.43. The van der Waals surface area contributed by atoms with Crippen LogP contribution in [0.5, 0.6) is 0 Å². The molecule has 0 radical (unpaired) electrons. The third kappa shape index (κ3) is 4.26. The Hall–Kier alpha value is -3.06. The third-order valence-electron chi connectivity index (χ3n) is 4.67. The van der Waals surface area contributed by atoms with Gasteiger partial charge in [-0.3, -0.25) is 4.90 Å². The number of piperidine rings is 1. The SMILES string of the molecule is O=C(OC1CCCN(Cc2ncccn2)C1)c1ccc(-c2ccccc2F)o1. The predicted octanol–water partition coefficient (Wildman–Crippen LogP) is 3.70. The van der Waals surface area contributed by atoms with Crippen molar-refractivity contribution >= 4 is 5.97 Å². The molecule has 1 fully saturated rings. The van der Waals surface area contributed by atoms with Crippen molar-refractivity contribution in [1.29, 1.82) is 0 Å². The smallest absolute Gasteiger partial charge is 0.374 e. The van der Waals surface area contributed by atoms with E-state index in [9.17, 15) is 9.18 Å². The zero-order chi connectivity index (χ0) is 19.3. The lowest BCUT2D eigenvalue weighted by molar-refractivity contribution is 0.00244. The second-order valence-corrected chi connectivity index (χ2v) is 6.71. The van der Waals surface area contributed by atoms with E-state index in [1.165, 1.54) is 12.1 Å². The summed E-state index contributed by atoms with van der Waals surface area (Å²) in [6, 6.07) is 11.1. The minimum absolute atomic E-state index is 0.0711. The molecule has 0 bridgehead atoms. The first-order valence-electron chi connectivity index (χ1n) is 9.23. The van der Waals surface area contributed by atoms with Crippen LogP contribution < -0.4 is 0 Å². The van der Waals surface area contributed by atoms with Crippen molar-refractivity contribution in [1.82, 2.24) is 14.9 Å². The van der Waals surface area contributed by atoms with E-state index in [0.717, 1.165) is 25.2 Å². The Morgan fingerprint density at radius 3 is 2.82 bits per heavy atom. The first-order valence-corrected chi connectivity index (χ1v) is 9.23. The molecule has 0 amide bonds. The molecular formula is C21H20FN3O3. The fraction of sp³-hybridized carbons (Fsp3) is 0.286. The summed E-state index contributed by atoms with van der Waals surface area (Å²) in [5.41, 5.74) is 0.313. The summed E-state index contributed by atoms with van der Waals surface area (Å²) in [5, 5.41) is 0. The molecule has 7 heteroatoms. The molecule has 4 rings (SSSR count). The highest BCUT2D eigenvalue weighted by Crippen LogP contribution is 2.25. The molecule has 1 aliphatic rings. The van der Waals surface area contributed by atoms with Crippen LogP contribution in [0.3, 0.4) is 0 Å². The predicted molar refractivity (Wildman–Crippen MR) is 99.8 cm³/mol. The molecule has 0 aliphatic carbocycles. The van der Waals surface area contributed by atoms with Gasteiger partial charge in [0.25, 0.3) is 0 Å². The number of carbonyl (C=O) groups excluding carboxylic acids is 1. The molecule has 3 heterocycles. The van der Waals surface area contributed by atoms with E-state index in [1.807, 2.05) is 0 Å². The van der Waals surface area contributed by atoms with Gasteiger partial charge in [0, 0.05) is 18.9 Å².